The Morgan fingerprint density at radius 3 is 1.76 bits per heavy atom. The summed E-state index contributed by atoms with van der Waals surface area (Å²) in [5.74, 6) is 0.0616. The monoisotopic (exact) mass is 528 g/mol. The molecule has 2 rings (SSSR count). The second kappa shape index (κ2) is 18.7. The molecule has 0 radical (unpaired) electrons. The standard InChI is InChI=1S/C30H44N2O4S/c33-30(28-22-16-14-17-23-28)32(29-24-18-15-19-25-29)27-21-13-11-9-7-5-3-1-2-4-6-8-10-12-20-26-31-37(34,35)36/h1-2,14-19,22-25,31H,3-13,20-21,26-27H2,(H,34,35,36)/b2-1-. The third-order valence-corrected chi connectivity index (χ3v) is 6.90. The topological polar surface area (TPSA) is 86.7 Å². The molecule has 0 aromatic heterocycles. The molecule has 0 saturated heterocycles. The molecule has 0 aliphatic rings. The van der Waals surface area contributed by atoms with Gasteiger partial charge in [-0.15, -0.1) is 0 Å². The van der Waals surface area contributed by atoms with Gasteiger partial charge in [0, 0.05) is 24.3 Å². The minimum atomic E-state index is -4.04. The van der Waals surface area contributed by atoms with Crippen molar-refractivity contribution in [2.75, 3.05) is 18.0 Å². The number of nitrogens with zero attached hydrogens (tertiary/aromatic N) is 1. The summed E-state index contributed by atoms with van der Waals surface area (Å²) in [6.45, 7) is 1.04. The first-order valence-electron chi connectivity index (χ1n) is 13.8. The van der Waals surface area contributed by atoms with E-state index >= 15 is 0 Å². The number of allylic oxidation sites excluding steroid dienone is 2. The number of amides is 1. The van der Waals surface area contributed by atoms with Gasteiger partial charge in [0.05, 0.1) is 0 Å². The van der Waals surface area contributed by atoms with Crippen molar-refractivity contribution >= 4 is 21.9 Å². The molecule has 37 heavy (non-hydrogen) atoms. The highest BCUT2D eigenvalue weighted by Crippen LogP contribution is 2.18. The predicted octanol–water partition coefficient (Wildman–Crippen LogP) is 7.35. The maximum atomic E-state index is 13.1. The third kappa shape index (κ3) is 14.7. The van der Waals surface area contributed by atoms with Gasteiger partial charge in [-0.1, -0.05) is 93.5 Å². The molecule has 0 unspecified atom stereocenters. The number of unbranched alkanes of at least 4 members (excludes halogenated alkanes) is 11. The number of rotatable bonds is 20. The van der Waals surface area contributed by atoms with Gasteiger partial charge in [0.15, 0.2) is 0 Å². The minimum Gasteiger partial charge on any atom is -0.308 e. The van der Waals surface area contributed by atoms with Crippen LogP contribution >= 0.6 is 0 Å². The smallest absolute Gasteiger partial charge is 0.308 e. The maximum Gasteiger partial charge on any atom is 0.333 e. The van der Waals surface area contributed by atoms with Crippen LogP contribution in [0, 0.1) is 0 Å². The van der Waals surface area contributed by atoms with Crippen molar-refractivity contribution in [2.24, 2.45) is 0 Å². The predicted molar refractivity (Wildman–Crippen MR) is 153 cm³/mol. The molecule has 1 amide bonds. The molecule has 6 nitrogen and oxygen atoms in total. The van der Waals surface area contributed by atoms with Gasteiger partial charge in [-0.25, -0.2) is 0 Å². The van der Waals surface area contributed by atoms with E-state index in [1.54, 1.807) is 0 Å². The largest absolute Gasteiger partial charge is 0.333 e. The van der Waals surface area contributed by atoms with Crippen molar-refractivity contribution in [1.82, 2.24) is 4.72 Å². The third-order valence-electron chi connectivity index (χ3n) is 6.33. The summed E-state index contributed by atoms with van der Waals surface area (Å²) in [6.07, 6.45) is 19.0. The number of hydrogen-bond acceptors (Lipinski definition) is 3. The summed E-state index contributed by atoms with van der Waals surface area (Å²) in [5, 5.41) is 0. The number of nitrogens with one attached hydrogen (secondary N) is 1. The summed E-state index contributed by atoms with van der Waals surface area (Å²) in [4.78, 5) is 15.0. The molecule has 0 saturated carbocycles. The number of benzene rings is 2. The van der Waals surface area contributed by atoms with Crippen molar-refractivity contribution in [3.8, 4) is 0 Å². The minimum absolute atomic E-state index is 0.0616. The summed E-state index contributed by atoms with van der Waals surface area (Å²) in [7, 11) is -4.04. The van der Waals surface area contributed by atoms with Crippen molar-refractivity contribution in [2.45, 2.75) is 83.5 Å². The number of carbonyl (C=O) groups excluding carboxylic acids is 1. The fraction of sp³-hybridized carbons (Fsp3) is 0.500. The van der Waals surface area contributed by atoms with E-state index in [4.69, 9.17) is 4.55 Å². The van der Waals surface area contributed by atoms with E-state index in [-0.39, 0.29) is 5.91 Å². The van der Waals surface area contributed by atoms with Crippen LogP contribution in [0.25, 0.3) is 0 Å². The van der Waals surface area contributed by atoms with Crippen molar-refractivity contribution < 1.29 is 17.8 Å². The molecule has 0 fully saturated rings. The normalized spacial score (nSPS) is 11.7. The number of hydrogen-bond donors (Lipinski definition) is 2. The summed E-state index contributed by atoms with van der Waals surface area (Å²) in [6, 6.07) is 19.5. The lowest BCUT2D eigenvalue weighted by atomic mass is 10.1. The molecule has 7 heteroatoms. The van der Waals surface area contributed by atoms with Crippen molar-refractivity contribution in [3.63, 3.8) is 0 Å². The average molecular weight is 529 g/mol. The van der Waals surface area contributed by atoms with E-state index in [1.807, 2.05) is 65.6 Å². The van der Waals surface area contributed by atoms with E-state index < -0.39 is 10.3 Å². The number of para-hydroxylation sites is 1. The van der Waals surface area contributed by atoms with E-state index in [0.717, 1.165) is 75.6 Å². The number of carbonyl (C=O) groups is 1. The second-order valence-corrected chi connectivity index (χ2v) is 10.7. The van der Waals surface area contributed by atoms with Gasteiger partial charge in [-0.3, -0.25) is 9.35 Å². The van der Waals surface area contributed by atoms with Crippen LogP contribution in [0.1, 0.15) is 93.8 Å². The Balaban J connectivity index is 1.48. The zero-order chi connectivity index (χ0) is 26.6. The summed E-state index contributed by atoms with van der Waals surface area (Å²) < 4.78 is 31.8. The molecular formula is C30H44N2O4S. The van der Waals surface area contributed by atoms with Gasteiger partial charge in [-0.05, 0) is 62.8 Å². The first-order chi connectivity index (χ1) is 18.0. The number of anilines is 1. The lowest BCUT2D eigenvalue weighted by Crippen LogP contribution is -2.31. The van der Waals surface area contributed by atoms with Crippen LogP contribution in [0.3, 0.4) is 0 Å². The van der Waals surface area contributed by atoms with Gasteiger partial charge in [0.2, 0.25) is 0 Å². The molecule has 0 atom stereocenters. The van der Waals surface area contributed by atoms with Gasteiger partial charge in [-0.2, -0.15) is 13.1 Å². The van der Waals surface area contributed by atoms with Crippen LogP contribution in [0.4, 0.5) is 5.69 Å². The molecule has 0 heterocycles. The first-order valence-corrected chi connectivity index (χ1v) is 15.2. The van der Waals surface area contributed by atoms with Gasteiger partial charge in [0.25, 0.3) is 5.91 Å². The molecule has 2 N–H and O–H groups in total. The zero-order valence-corrected chi connectivity index (χ0v) is 22.9. The fourth-order valence-corrected chi connectivity index (χ4v) is 4.69. The Hall–Kier alpha value is -2.48. The van der Waals surface area contributed by atoms with E-state index in [0.29, 0.717) is 6.54 Å². The highest BCUT2D eigenvalue weighted by atomic mass is 32.2. The molecule has 2 aromatic rings. The van der Waals surface area contributed by atoms with Gasteiger partial charge < -0.3 is 4.90 Å². The lowest BCUT2D eigenvalue weighted by molar-refractivity contribution is 0.0986. The summed E-state index contributed by atoms with van der Waals surface area (Å²) >= 11 is 0. The average Bonchev–Trinajstić information content (AvgIpc) is 2.90. The Kier molecular flexibility index (Phi) is 15.6. The highest BCUT2D eigenvalue weighted by molar-refractivity contribution is 7.83. The molecular weight excluding hydrogens is 484 g/mol. The highest BCUT2D eigenvalue weighted by Gasteiger charge is 2.16. The molecule has 0 aliphatic heterocycles. The van der Waals surface area contributed by atoms with Crippen LogP contribution in [0.15, 0.2) is 72.8 Å². The van der Waals surface area contributed by atoms with E-state index in [9.17, 15) is 13.2 Å². The van der Waals surface area contributed by atoms with E-state index in [2.05, 4.69) is 16.9 Å². The molecule has 0 aliphatic carbocycles. The lowest BCUT2D eigenvalue weighted by Gasteiger charge is -2.23. The Morgan fingerprint density at radius 2 is 1.19 bits per heavy atom. The zero-order valence-electron chi connectivity index (χ0n) is 22.1. The Bertz CT molecular complexity index is 995. The van der Waals surface area contributed by atoms with Crippen LogP contribution in [-0.4, -0.2) is 32.0 Å². The Labute approximate surface area is 224 Å². The van der Waals surface area contributed by atoms with Gasteiger partial charge in [0.1, 0.15) is 0 Å². The maximum absolute atomic E-state index is 13.1. The Morgan fingerprint density at radius 1 is 0.703 bits per heavy atom. The van der Waals surface area contributed by atoms with Crippen LogP contribution in [-0.2, 0) is 10.3 Å². The quantitative estimate of drug-likeness (QED) is 0.107. The molecule has 204 valence electrons. The van der Waals surface area contributed by atoms with Crippen LogP contribution < -0.4 is 9.62 Å². The fourth-order valence-electron chi connectivity index (χ4n) is 4.29. The van der Waals surface area contributed by atoms with E-state index in [1.165, 1.54) is 25.7 Å². The van der Waals surface area contributed by atoms with Crippen LogP contribution in [0.2, 0.25) is 0 Å². The SMILES string of the molecule is O=C(c1ccccc1)N(CCCCCCCC/C=C\CCCCCCCNS(=O)(=O)O)c1ccccc1. The second-order valence-electron chi connectivity index (χ2n) is 9.47. The van der Waals surface area contributed by atoms with Crippen molar-refractivity contribution in [3.05, 3.63) is 78.4 Å². The molecule has 0 bridgehead atoms. The van der Waals surface area contributed by atoms with Crippen LogP contribution in [0.5, 0.6) is 0 Å². The molecule has 2 aromatic carbocycles. The first kappa shape index (κ1) is 30.7. The van der Waals surface area contributed by atoms with Crippen molar-refractivity contribution in [1.29, 1.82) is 0 Å². The molecule has 0 spiro atoms. The van der Waals surface area contributed by atoms with Gasteiger partial charge >= 0.3 is 10.3 Å². The summed E-state index contributed by atoms with van der Waals surface area (Å²) in [5.41, 5.74) is 1.68.